The van der Waals surface area contributed by atoms with Crippen LogP contribution in [0.25, 0.3) is 22.8 Å². The van der Waals surface area contributed by atoms with Crippen molar-refractivity contribution in [1.82, 2.24) is 29.1 Å². The van der Waals surface area contributed by atoms with Crippen LogP contribution in [-0.2, 0) is 19.5 Å². The smallest absolute Gasteiger partial charge is 0.328 e. The summed E-state index contributed by atoms with van der Waals surface area (Å²) >= 11 is 0. The molecule has 0 radical (unpaired) electrons. The van der Waals surface area contributed by atoms with E-state index in [1.54, 1.807) is 10.8 Å². The highest BCUT2D eigenvalue weighted by atomic mass is 16.1. The van der Waals surface area contributed by atoms with Gasteiger partial charge in [-0.05, 0) is 30.4 Å². The summed E-state index contributed by atoms with van der Waals surface area (Å²) in [7, 11) is 0. The van der Waals surface area contributed by atoms with Gasteiger partial charge in [-0.3, -0.25) is 4.57 Å². The highest BCUT2D eigenvalue weighted by molar-refractivity contribution is 5.83. The summed E-state index contributed by atoms with van der Waals surface area (Å²) in [6.07, 6.45) is 10.9. The maximum atomic E-state index is 12.6. The van der Waals surface area contributed by atoms with Crippen LogP contribution in [0.4, 0.5) is 5.82 Å². The Balaban J connectivity index is 0.000000671. The minimum absolute atomic E-state index is 0.244. The molecular weight excluding hydrogens is 438 g/mol. The van der Waals surface area contributed by atoms with Crippen LogP contribution in [0.1, 0.15) is 65.5 Å². The minimum atomic E-state index is -0.257. The number of aryl methyl sites for hydroxylation is 1. The summed E-state index contributed by atoms with van der Waals surface area (Å²) in [6.45, 7) is 13.2. The van der Waals surface area contributed by atoms with Crippen LogP contribution in [0.2, 0.25) is 0 Å². The maximum absolute atomic E-state index is 12.6. The van der Waals surface area contributed by atoms with E-state index in [0.717, 1.165) is 31.4 Å². The van der Waals surface area contributed by atoms with Crippen molar-refractivity contribution in [3.8, 4) is 11.6 Å². The van der Waals surface area contributed by atoms with Gasteiger partial charge < -0.3 is 15.3 Å². The number of hydrogen-bond donors (Lipinski definition) is 2. The molecule has 3 aromatic heterocycles. The molecule has 188 valence electrons. The van der Waals surface area contributed by atoms with Crippen LogP contribution in [0.3, 0.4) is 0 Å². The number of benzene rings is 1. The number of anilines is 1. The van der Waals surface area contributed by atoms with Crippen LogP contribution >= 0.6 is 0 Å². The number of rotatable bonds is 0. The molecule has 0 saturated carbocycles. The molecule has 3 N–H and O–H groups in total. The Morgan fingerprint density at radius 2 is 1.74 bits per heavy atom. The zero-order valence-corrected chi connectivity index (χ0v) is 21.9. The number of imidazole rings is 2. The Kier molecular flexibility index (Phi) is 10.9. The summed E-state index contributed by atoms with van der Waals surface area (Å²) in [6, 6.07) is 8.26. The molecule has 1 aliphatic rings. The number of hydrogen-bond acceptors (Lipinski definition) is 5. The fourth-order valence-electron chi connectivity index (χ4n) is 3.75. The molecule has 35 heavy (non-hydrogen) atoms. The number of nitrogen functional groups attached to an aromatic ring is 1. The lowest BCUT2D eigenvalue weighted by atomic mass is 10.1. The number of aromatic nitrogens is 6. The highest BCUT2D eigenvalue weighted by Gasteiger charge is 2.17. The van der Waals surface area contributed by atoms with Gasteiger partial charge in [0, 0.05) is 18.9 Å². The number of fused-ring (bicyclic) bond motifs is 5. The number of aromatic amines is 1. The van der Waals surface area contributed by atoms with Gasteiger partial charge >= 0.3 is 5.69 Å². The second-order valence-electron chi connectivity index (χ2n) is 7.23. The lowest BCUT2D eigenvalue weighted by Crippen LogP contribution is -2.18. The summed E-state index contributed by atoms with van der Waals surface area (Å²) in [5.41, 5.74) is 9.10. The summed E-state index contributed by atoms with van der Waals surface area (Å²) in [5, 5.41) is 0. The number of nitrogens with one attached hydrogen (secondary N) is 1. The van der Waals surface area contributed by atoms with Crippen molar-refractivity contribution in [2.24, 2.45) is 0 Å². The Bertz CT molecular complexity index is 1280. The third-order valence-corrected chi connectivity index (χ3v) is 5.19. The fourth-order valence-corrected chi connectivity index (χ4v) is 3.75. The van der Waals surface area contributed by atoms with Crippen LogP contribution in [-0.4, -0.2) is 29.1 Å². The zero-order chi connectivity index (χ0) is 25.8. The predicted molar refractivity (Wildman–Crippen MR) is 145 cm³/mol. The largest absolute Gasteiger partial charge is 0.382 e. The molecule has 4 heterocycles. The topological polar surface area (TPSA) is 107 Å². The van der Waals surface area contributed by atoms with Crippen LogP contribution in [0.5, 0.6) is 0 Å². The van der Waals surface area contributed by atoms with Crippen LogP contribution < -0.4 is 11.4 Å². The van der Waals surface area contributed by atoms with Crippen molar-refractivity contribution >= 4 is 17.0 Å². The first-order valence-corrected chi connectivity index (χ1v) is 12.7. The zero-order valence-electron chi connectivity index (χ0n) is 21.9. The summed E-state index contributed by atoms with van der Waals surface area (Å²) < 4.78 is 3.63. The van der Waals surface area contributed by atoms with Gasteiger partial charge in [-0.15, -0.1) is 0 Å². The molecule has 4 aromatic rings. The molecule has 0 amide bonds. The second-order valence-corrected chi connectivity index (χ2v) is 7.23. The van der Waals surface area contributed by atoms with E-state index in [2.05, 4.69) is 44.2 Å². The summed E-state index contributed by atoms with van der Waals surface area (Å²) in [4.78, 5) is 28.9. The normalized spacial score (nSPS) is 13.3. The van der Waals surface area contributed by atoms with E-state index in [0.29, 0.717) is 29.4 Å². The van der Waals surface area contributed by atoms with Crippen molar-refractivity contribution < 1.29 is 0 Å². The monoisotopic (exact) mass is 477 g/mol. The SMILES string of the molecule is CC.CC.CC.Nc1nc2nc3c1[nH]c(=O)n3Cc1cccc(c1)C/C=C/CCCn1ccnc1-2. The highest BCUT2D eigenvalue weighted by Crippen LogP contribution is 2.21. The van der Waals surface area contributed by atoms with Crippen LogP contribution in [0.15, 0.2) is 53.6 Å². The molecule has 0 saturated heterocycles. The van der Waals surface area contributed by atoms with Crippen molar-refractivity contribution in [2.75, 3.05) is 5.73 Å². The van der Waals surface area contributed by atoms with E-state index in [4.69, 9.17) is 5.73 Å². The number of nitrogens with zero attached hydrogens (tertiary/aromatic N) is 5. The Labute approximate surface area is 208 Å². The van der Waals surface area contributed by atoms with Gasteiger partial charge in [-0.2, -0.15) is 0 Å². The maximum Gasteiger partial charge on any atom is 0.328 e. The third-order valence-electron chi connectivity index (χ3n) is 5.19. The number of H-pyrrole nitrogens is 1. The second kappa shape index (κ2) is 13.9. The van der Waals surface area contributed by atoms with Crippen molar-refractivity contribution in [2.45, 2.75) is 73.9 Å². The van der Waals surface area contributed by atoms with Gasteiger partial charge in [0.25, 0.3) is 0 Å². The van der Waals surface area contributed by atoms with E-state index in [1.807, 2.05) is 64.4 Å². The minimum Gasteiger partial charge on any atom is -0.382 e. The lowest BCUT2D eigenvalue weighted by Gasteiger charge is -2.09. The molecule has 0 fully saturated rings. The molecule has 5 rings (SSSR count). The molecule has 8 nitrogen and oxygen atoms in total. The van der Waals surface area contributed by atoms with E-state index in [-0.39, 0.29) is 11.5 Å². The quantitative estimate of drug-likeness (QED) is 0.321. The molecule has 0 aliphatic carbocycles. The third kappa shape index (κ3) is 6.47. The summed E-state index contributed by atoms with van der Waals surface area (Å²) in [5.74, 6) is 1.31. The Morgan fingerprint density at radius 3 is 2.51 bits per heavy atom. The molecule has 0 unspecified atom stereocenters. The number of allylic oxidation sites excluding steroid dienone is 2. The van der Waals surface area contributed by atoms with E-state index >= 15 is 0 Å². The Hall–Kier alpha value is -3.68. The van der Waals surface area contributed by atoms with E-state index < -0.39 is 0 Å². The molecule has 1 aromatic carbocycles. The average molecular weight is 478 g/mol. The van der Waals surface area contributed by atoms with Crippen molar-refractivity contribution in [3.05, 3.63) is 70.4 Å². The number of nitrogens with two attached hydrogens (primary N) is 1. The van der Waals surface area contributed by atoms with Gasteiger partial charge in [-0.1, -0.05) is 78.0 Å². The van der Waals surface area contributed by atoms with Crippen molar-refractivity contribution in [3.63, 3.8) is 0 Å². The van der Waals surface area contributed by atoms with E-state index in [9.17, 15) is 4.79 Å². The fraction of sp³-hybridized carbons (Fsp3) is 0.407. The average Bonchev–Trinajstić information content (AvgIpc) is 3.49. The van der Waals surface area contributed by atoms with Gasteiger partial charge in [0.05, 0.1) is 6.54 Å². The van der Waals surface area contributed by atoms with E-state index in [1.165, 1.54) is 5.56 Å². The molecular formula is C27H39N7O. The predicted octanol–water partition coefficient (Wildman–Crippen LogP) is 5.58. The van der Waals surface area contributed by atoms with Crippen LogP contribution in [0, 0.1) is 0 Å². The van der Waals surface area contributed by atoms with Gasteiger partial charge in [-0.25, -0.2) is 19.7 Å². The molecule has 0 spiro atoms. The molecule has 0 atom stereocenters. The first-order valence-electron chi connectivity index (χ1n) is 12.7. The van der Waals surface area contributed by atoms with Gasteiger partial charge in [0.2, 0.25) is 0 Å². The first-order chi connectivity index (χ1) is 17.2. The molecule has 8 heteroatoms. The van der Waals surface area contributed by atoms with Gasteiger partial charge in [0.1, 0.15) is 5.52 Å². The standard InChI is InChI=1S/C21H21N7O.3C2H6/c22-17-16-19-26-18(25-17)20-23-9-11-27(20)10-4-2-1-3-6-14-7-5-8-15(12-14)13-28(19)21(29)24-16;3*1-2/h1,3,5,7-9,11-12H,2,4,6,10,13H2,(H,24,29)(H2,22,25,26);3*1-2H3/b3-1+;;;. The van der Waals surface area contributed by atoms with Crippen molar-refractivity contribution in [1.29, 1.82) is 0 Å². The van der Waals surface area contributed by atoms with Gasteiger partial charge in [0.15, 0.2) is 23.1 Å². The Morgan fingerprint density at radius 1 is 1.00 bits per heavy atom. The lowest BCUT2D eigenvalue weighted by molar-refractivity contribution is 0.652. The molecule has 1 aliphatic heterocycles. The molecule has 4 bridgehead atoms. The first kappa shape index (κ1) is 27.6.